The van der Waals surface area contributed by atoms with E-state index < -0.39 is 0 Å². The average molecular weight is 341 g/mol. The number of carbonyl (C=O) groups excluding carboxylic acids is 1. The van der Waals surface area contributed by atoms with Crippen LogP contribution in [0.1, 0.15) is 59.8 Å². The number of aromatic nitrogens is 4. The van der Waals surface area contributed by atoms with Gasteiger partial charge in [0.1, 0.15) is 18.2 Å². The van der Waals surface area contributed by atoms with Crippen molar-refractivity contribution < 1.29 is 9.53 Å². The summed E-state index contributed by atoms with van der Waals surface area (Å²) in [5.74, 6) is 0.364. The SMILES string of the molecule is COc1nc2c(cc1C(=O)NC1CCC(n3cnnc3)CC1)CCC2. The highest BCUT2D eigenvalue weighted by Gasteiger charge is 2.26. The van der Waals surface area contributed by atoms with Crippen LogP contribution in [0.5, 0.6) is 5.88 Å². The molecule has 2 aliphatic carbocycles. The van der Waals surface area contributed by atoms with Crippen molar-refractivity contribution in [1.82, 2.24) is 25.1 Å². The smallest absolute Gasteiger partial charge is 0.256 e. The normalized spacial score (nSPS) is 22.4. The van der Waals surface area contributed by atoms with E-state index in [-0.39, 0.29) is 11.9 Å². The van der Waals surface area contributed by atoms with Crippen LogP contribution in [0.2, 0.25) is 0 Å². The highest BCUT2D eigenvalue weighted by atomic mass is 16.5. The van der Waals surface area contributed by atoms with Crippen molar-refractivity contribution in [1.29, 1.82) is 0 Å². The van der Waals surface area contributed by atoms with E-state index in [0.29, 0.717) is 17.5 Å². The topological polar surface area (TPSA) is 81.9 Å². The van der Waals surface area contributed by atoms with Crippen LogP contribution < -0.4 is 10.1 Å². The van der Waals surface area contributed by atoms with Gasteiger partial charge in [0.2, 0.25) is 5.88 Å². The number of methoxy groups -OCH3 is 1. The molecule has 1 saturated carbocycles. The molecule has 0 atom stereocenters. The number of fused-ring (bicyclic) bond motifs is 1. The number of hydrogen-bond donors (Lipinski definition) is 1. The predicted octanol–water partition coefficient (Wildman–Crippen LogP) is 2.08. The number of pyridine rings is 1. The molecule has 2 heterocycles. The summed E-state index contributed by atoms with van der Waals surface area (Å²) in [5, 5.41) is 10.9. The Balaban J connectivity index is 1.41. The van der Waals surface area contributed by atoms with Crippen molar-refractivity contribution in [2.45, 2.75) is 57.0 Å². The maximum absolute atomic E-state index is 12.7. The molecule has 2 aromatic heterocycles. The van der Waals surface area contributed by atoms with Gasteiger partial charge in [0, 0.05) is 17.8 Å². The molecule has 0 bridgehead atoms. The number of nitrogens with one attached hydrogen (secondary N) is 1. The molecular weight excluding hydrogens is 318 g/mol. The number of amides is 1. The maximum atomic E-state index is 12.7. The summed E-state index contributed by atoms with van der Waals surface area (Å²) in [6.45, 7) is 0. The molecule has 0 unspecified atom stereocenters. The molecule has 1 N–H and O–H groups in total. The second-order valence-corrected chi connectivity index (χ2v) is 6.89. The summed E-state index contributed by atoms with van der Waals surface area (Å²) in [6.07, 6.45) is 10.5. The lowest BCUT2D eigenvalue weighted by Gasteiger charge is -2.29. The molecule has 0 saturated heterocycles. The fourth-order valence-corrected chi connectivity index (χ4v) is 3.95. The second kappa shape index (κ2) is 6.82. The summed E-state index contributed by atoms with van der Waals surface area (Å²) < 4.78 is 7.42. The van der Waals surface area contributed by atoms with Crippen molar-refractivity contribution in [3.63, 3.8) is 0 Å². The van der Waals surface area contributed by atoms with Crippen molar-refractivity contribution in [3.8, 4) is 5.88 Å². The largest absolute Gasteiger partial charge is 0.480 e. The lowest BCUT2D eigenvalue weighted by atomic mass is 9.91. The molecule has 7 nitrogen and oxygen atoms in total. The number of hydrogen-bond acceptors (Lipinski definition) is 5. The van der Waals surface area contributed by atoms with Gasteiger partial charge in [-0.05, 0) is 56.6 Å². The molecule has 0 aliphatic heterocycles. The standard InChI is InChI=1S/C18H23N5O2/c1-25-18-15(9-12-3-2-4-16(12)22-18)17(24)21-13-5-7-14(8-6-13)23-10-19-20-11-23/h9-11,13-14H,2-8H2,1H3,(H,21,24). The fourth-order valence-electron chi connectivity index (χ4n) is 3.95. The summed E-state index contributed by atoms with van der Waals surface area (Å²) in [7, 11) is 1.57. The van der Waals surface area contributed by atoms with Gasteiger partial charge in [-0.15, -0.1) is 10.2 Å². The van der Waals surface area contributed by atoms with Crippen LogP contribution in [-0.2, 0) is 12.8 Å². The summed E-state index contributed by atoms with van der Waals surface area (Å²) in [4.78, 5) is 17.3. The molecular formula is C18H23N5O2. The zero-order valence-corrected chi connectivity index (χ0v) is 14.4. The molecule has 2 aliphatic rings. The van der Waals surface area contributed by atoms with E-state index in [2.05, 4.69) is 25.1 Å². The van der Waals surface area contributed by atoms with Gasteiger partial charge in [0.25, 0.3) is 5.91 Å². The third kappa shape index (κ3) is 3.23. The van der Waals surface area contributed by atoms with E-state index in [4.69, 9.17) is 4.74 Å². The van der Waals surface area contributed by atoms with Crippen LogP contribution in [0.3, 0.4) is 0 Å². The minimum Gasteiger partial charge on any atom is -0.480 e. The molecule has 25 heavy (non-hydrogen) atoms. The quantitative estimate of drug-likeness (QED) is 0.921. The predicted molar refractivity (Wildman–Crippen MR) is 91.6 cm³/mol. The molecule has 0 spiro atoms. The Bertz CT molecular complexity index is 751. The minimum atomic E-state index is -0.0770. The number of carbonyl (C=O) groups is 1. The first-order valence-electron chi connectivity index (χ1n) is 8.96. The molecule has 0 aromatic carbocycles. The van der Waals surface area contributed by atoms with E-state index in [1.54, 1.807) is 19.8 Å². The number of ether oxygens (including phenoxy) is 1. The third-order valence-corrected chi connectivity index (χ3v) is 5.34. The van der Waals surface area contributed by atoms with Crippen molar-refractivity contribution in [3.05, 3.63) is 35.5 Å². The number of rotatable bonds is 4. The Morgan fingerprint density at radius 1 is 1.20 bits per heavy atom. The Morgan fingerprint density at radius 2 is 1.96 bits per heavy atom. The Hall–Kier alpha value is -2.44. The summed E-state index contributed by atoms with van der Waals surface area (Å²) >= 11 is 0. The first-order valence-corrected chi connectivity index (χ1v) is 8.96. The van der Waals surface area contributed by atoms with E-state index in [9.17, 15) is 4.79 Å². The molecule has 4 rings (SSSR count). The van der Waals surface area contributed by atoms with Gasteiger partial charge in [-0.1, -0.05) is 0 Å². The van der Waals surface area contributed by atoms with Crippen LogP contribution >= 0.6 is 0 Å². The second-order valence-electron chi connectivity index (χ2n) is 6.89. The van der Waals surface area contributed by atoms with Crippen LogP contribution in [0.4, 0.5) is 0 Å². The molecule has 1 fully saturated rings. The minimum absolute atomic E-state index is 0.0770. The lowest BCUT2D eigenvalue weighted by molar-refractivity contribution is 0.0918. The summed E-state index contributed by atoms with van der Waals surface area (Å²) in [6, 6.07) is 2.59. The zero-order valence-electron chi connectivity index (χ0n) is 14.4. The van der Waals surface area contributed by atoms with Gasteiger partial charge in [-0.3, -0.25) is 4.79 Å². The Labute approximate surface area is 146 Å². The highest BCUT2D eigenvalue weighted by molar-refractivity contribution is 5.96. The van der Waals surface area contributed by atoms with Crippen molar-refractivity contribution >= 4 is 5.91 Å². The number of nitrogens with zero attached hydrogens (tertiary/aromatic N) is 4. The van der Waals surface area contributed by atoms with E-state index in [1.807, 2.05) is 6.07 Å². The van der Waals surface area contributed by atoms with E-state index in [1.165, 1.54) is 5.56 Å². The molecule has 0 radical (unpaired) electrons. The fraction of sp³-hybridized carbons (Fsp3) is 0.556. The van der Waals surface area contributed by atoms with Gasteiger partial charge in [-0.25, -0.2) is 4.98 Å². The van der Waals surface area contributed by atoms with Crippen molar-refractivity contribution in [2.75, 3.05) is 7.11 Å². The monoisotopic (exact) mass is 341 g/mol. The Kier molecular flexibility index (Phi) is 4.38. The van der Waals surface area contributed by atoms with Gasteiger partial charge >= 0.3 is 0 Å². The zero-order chi connectivity index (χ0) is 17.2. The lowest BCUT2D eigenvalue weighted by Crippen LogP contribution is -2.38. The highest BCUT2D eigenvalue weighted by Crippen LogP contribution is 2.29. The first-order chi connectivity index (χ1) is 12.2. The Morgan fingerprint density at radius 3 is 2.68 bits per heavy atom. The molecule has 7 heteroatoms. The van der Waals surface area contributed by atoms with Crippen molar-refractivity contribution in [2.24, 2.45) is 0 Å². The summed E-state index contributed by atoms with van der Waals surface area (Å²) in [5.41, 5.74) is 2.81. The maximum Gasteiger partial charge on any atom is 0.256 e. The van der Waals surface area contributed by atoms with Crippen LogP contribution in [0.15, 0.2) is 18.7 Å². The third-order valence-electron chi connectivity index (χ3n) is 5.34. The average Bonchev–Trinajstić information content (AvgIpc) is 3.32. The first kappa shape index (κ1) is 16.1. The molecule has 2 aromatic rings. The molecule has 132 valence electrons. The van der Waals surface area contributed by atoms with Gasteiger partial charge in [0.05, 0.1) is 7.11 Å². The van der Waals surface area contributed by atoms with Crippen LogP contribution in [0.25, 0.3) is 0 Å². The molecule has 1 amide bonds. The van der Waals surface area contributed by atoms with E-state index >= 15 is 0 Å². The van der Waals surface area contributed by atoms with Gasteiger partial charge in [-0.2, -0.15) is 0 Å². The van der Waals surface area contributed by atoms with Crippen LogP contribution in [0, 0.1) is 0 Å². The van der Waals surface area contributed by atoms with Gasteiger partial charge < -0.3 is 14.6 Å². The van der Waals surface area contributed by atoms with Crippen LogP contribution in [-0.4, -0.2) is 38.8 Å². The van der Waals surface area contributed by atoms with E-state index in [0.717, 1.165) is 50.6 Å². The number of aryl methyl sites for hydroxylation is 2. The van der Waals surface area contributed by atoms with Gasteiger partial charge in [0.15, 0.2) is 0 Å².